The lowest BCUT2D eigenvalue weighted by molar-refractivity contribution is 0.0820. The fourth-order valence-corrected chi connectivity index (χ4v) is 5.95. The molecule has 8 rings (SSSR count). The summed E-state index contributed by atoms with van der Waals surface area (Å²) < 4.78 is 11.6. The van der Waals surface area contributed by atoms with Gasteiger partial charge in [0.2, 0.25) is 28.6 Å². The maximum atomic E-state index is 12.6. The molecule has 0 aliphatic carbocycles. The molecule has 0 spiro atoms. The van der Waals surface area contributed by atoms with Gasteiger partial charge in [0.1, 0.15) is 6.10 Å². The number of aliphatic hydroxyl groups is 1. The number of hydrogen-bond donors (Lipinski definition) is 1. The zero-order valence-corrected chi connectivity index (χ0v) is 30.5. The van der Waals surface area contributed by atoms with Gasteiger partial charge in [0.15, 0.2) is 0 Å². The van der Waals surface area contributed by atoms with Crippen molar-refractivity contribution in [2.24, 2.45) is 0 Å². The predicted molar refractivity (Wildman–Crippen MR) is 205 cm³/mol. The van der Waals surface area contributed by atoms with Crippen molar-refractivity contribution in [2.45, 2.75) is 20.0 Å². The van der Waals surface area contributed by atoms with Crippen LogP contribution < -0.4 is 10.2 Å². The lowest BCUT2D eigenvalue weighted by Crippen LogP contribution is -2.21. The number of nitrogens with zero attached hydrogens (tertiary/aromatic N) is 6. The molecule has 5 aromatic heterocycles. The van der Waals surface area contributed by atoms with Crippen molar-refractivity contribution in [2.75, 3.05) is 28.2 Å². The third-order valence-corrected chi connectivity index (χ3v) is 8.91. The highest BCUT2D eigenvalue weighted by Gasteiger charge is 2.28. The van der Waals surface area contributed by atoms with E-state index in [4.69, 9.17) is 9.15 Å². The number of benzene rings is 2. The summed E-state index contributed by atoms with van der Waals surface area (Å²) in [4.78, 5) is 57.4. The molecule has 1 unspecified atom stereocenters. The molecule has 0 saturated heterocycles. The summed E-state index contributed by atoms with van der Waals surface area (Å²) in [5.74, 6) is 0.613. The van der Waals surface area contributed by atoms with Gasteiger partial charge in [0.05, 0.1) is 22.2 Å². The predicted octanol–water partition coefficient (Wildman–Crippen LogP) is 6.75. The van der Waals surface area contributed by atoms with Crippen LogP contribution in [0, 0.1) is 13.8 Å². The number of ether oxygens (including phenoxy) is 1. The maximum absolute atomic E-state index is 12.6. The molecule has 12 heteroatoms. The number of amides is 2. The minimum atomic E-state index is -0.821. The molecule has 1 N–H and O–H groups in total. The average molecular weight is 721 g/mol. The molecular weight excluding hydrogens is 684 g/mol. The molecule has 0 saturated carbocycles. The summed E-state index contributed by atoms with van der Waals surface area (Å²) in [5.41, 5.74) is 7.44. The Labute approximate surface area is 310 Å². The summed E-state index contributed by atoms with van der Waals surface area (Å²) in [6, 6.07) is 28.7. The standard InChI is InChI=1S/C21H19N3O3.C21H17N3O3/c2*1-12-4-9-15-18(25)16-10-11-17(23-20(16)27-19(15)22-12)13-5-7-14(8-6-13)21(26)24(2)3/h4-11,18,25H,1-3H3;4-11H,1-3H3. The Morgan fingerprint density at radius 3 is 1.59 bits per heavy atom. The second-order valence-electron chi connectivity index (χ2n) is 13.3. The number of rotatable bonds is 4. The Kier molecular flexibility index (Phi) is 9.44. The highest BCUT2D eigenvalue weighted by atomic mass is 16.5. The van der Waals surface area contributed by atoms with Crippen molar-refractivity contribution in [1.29, 1.82) is 0 Å². The quantitative estimate of drug-likeness (QED) is 0.193. The minimum absolute atomic E-state index is 0.0514. The largest absolute Gasteiger partial charge is 0.420 e. The smallest absolute Gasteiger partial charge is 0.253 e. The Bertz CT molecular complexity index is 2640. The van der Waals surface area contributed by atoms with Crippen LogP contribution in [0.15, 0.2) is 106 Å². The van der Waals surface area contributed by atoms with Crippen LogP contribution in [0.3, 0.4) is 0 Å². The van der Waals surface area contributed by atoms with Crippen molar-refractivity contribution in [3.63, 3.8) is 0 Å². The van der Waals surface area contributed by atoms with Gasteiger partial charge in [-0.1, -0.05) is 24.3 Å². The molecule has 1 aliphatic heterocycles. The van der Waals surface area contributed by atoms with Crippen LogP contribution in [-0.4, -0.2) is 74.8 Å². The van der Waals surface area contributed by atoms with E-state index < -0.39 is 6.10 Å². The fraction of sp³-hybridized carbons (Fsp3) is 0.167. The molecule has 2 aromatic carbocycles. The van der Waals surface area contributed by atoms with Gasteiger partial charge in [-0.15, -0.1) is 0 Å². The number of aliphatic hydroxyl groups excluding tert-OH is 1. The lowest BCUT2D eigenvalue weighted by Gasteiger charge is -2.23. The van der Waals surface area contributed by atoms with E-state index >= 15 is 0 Å². The van der Waals surface area contributed by atoms with E-state index in [2.05, 4.69) is 19.9 Å². The number of carbonyl (C=O) groups is 2. The van der Waals surface area contributed by atoms with Crippen LogP contribution >= 0.6 is 0 Å². The maximum Gasteiger partial charge on any atom is 0.253 e. The van der Waals surface area contributed by atoms with Crippen LogP contribution in [0.25, 0.3) is 44.7 Å². The topological polar surface area (TPSA) is 152 Å². The fourth-order valence-electron chi connectivity index (χ4n) is 5.95. The highest BCUT2D eigenvalue weighted by Crippen LogP contribution is 2.41. The summed E-state index contributed by atoms with van der Waals surface area (Å²) in [6.45, 7) is 3.70. The first kappa shape index (κ1) is 35.6. The van der Waals surface area contributed by atoms with E-state index in [9.17, 15) is 19.5 Å². The summed E-state index contributed by atoms with van der Waals surface area (Å²) in [7, 11) is 6.86. The molecule has 0 radical (unpaired) electrons. The average Bonchev–Trinajstić information content (AvgIpc) is 3.17. The van der Waals surface area contributed by atoms with Crippen LogP contribution in [-0.2, 0) is 0 Å². The molecule has 1 atom stereocenters. The summed E-state index contributed by atoms with van der Waals surface area (Å²) in [5, 5.41) is 11.5. The van der Waals surface area contributed by atoms with Gasteiger partial charge in [0.25, 0.3) is 11.8 Å². The number of carbonyl (C=O) groups excluding carboxylic acids is 2. The van der Waals surface area contributed by atoms with Crippen LogP contribution in [0.1, 0.15) is 49.3 Å². The van der Waals surface area contributed by atoms with E-state index in [0.717, 1.165) is 22.5 Å². The zero-order valence-electron chi connectivity index (χ0n) is 30.5. The summed E-state index contributed by atoms with van der Waals surface area (Å²) >= 11 is 0. The van der Waals surface area contributed by atoms with Gasteiger partial charge in [-0.2, -0.15) is 0 Å². The molecule has 6 heterocycles. The Balaban J connectivity index is 0.000000167. The third-order valence-electron chi connectivity index (χ3n) is 8.91. The van der Waals surface area contributed by atoms with E-state index in [0.29, 0.717) is 56.2 Å². The van der Waals surface area contributed by atoms with Crippen molar-refractivity contribution in [3.05, 3.63) is 141 Å². The molecule has 0 fully saturated rings. The van der Waals surface area contributed by atoms with Crippen LogP contribution in [0.4, 0.5) is 0 Å². The Hall–Kier alpha value is -6.79. The third kappa shape index (κ3) is 6.89. The van der Waals surface area contributed by atoms with Gasteiger partial charge in [-0.05, 0) is 86.6 Å². The van der Waals surface area contributed by atoms with Crippen LogP contribution in [0.5, 0.6) is 11.8 Å². The molecule has 0 bridgehead atoms. The SMILES string of the molecule is Cc1ccc2c(=O)c3ccc(-c4ccc(C(=O)N(C)C)cc4)nc3oc2n1.Cc1ccc2c(n1)Oc1nc(-c3ccc(C(=O)N(C)C)cc3)ccc1C2O. The molecular formula is C42H36N6O6. The summed E-state index contributed by atoms with van der Waals surface area (Å²) in [6.07, 6.45) is -0.821. The Morgan fingerprint density at radius 1 is 0.574 bits per heavy atom. The highest BCUT2D eigenvalue weighted by molar-refractivity contribution is 5.95. The molecule has 2 amide bonds. The zero-order chi connectivity index (χ0) is 38.3. The second-order valence-corrected chi connectivity index (χ2v) is 13.3. The van der Waals surface area contributed by atoms with Gasteiger partial charge in [-0.3, -0.25) is 14.4 Å². The van der Waals surface area contributed by atoms with Crippen LogP contribution in [0.2, 0.25) is 0 Å². The number of fused-ring (bicyclic) bond motifs is 4. The number of aryl methyl sites for hydroxylation is 2. The normalized spacial score (nSPS) is 12.9. The Morgan fingerprint density at radius 2 is 1.02 bits per heavy atom. The van der Waals surface area contributed by atoms with Crippen molar-refractivity contribution in [3.8, 4) is 34.3 Å². The van der Waals surface area contributed by atoms with Gasteiger partial charge < -0.3 is 24.1 Å². The molecule has 54 heavy (non-hydrogen) atoms. The van der Waals surface area contributed by atoms with Gasteiger partial charge in [0, 0.05) is 73.0 Å². The number of hydrogen-bond acceptors (Lipinski definition) is 10. The van der Waals surface area contributed by atoms with Crippen molar-refractivity contribution >= 4 is 34.0 Å². The number of aromatic nitrogens is 4. The lowest BCUT2D eigenvalue weighted by atomic mass is 10.00. The molecule has 270 valence electrons. The first-order valence-corrected chi connectivity index (χ1v) is 17.1. The molecule has 1 aliphatic rings. The van der Waals surface area contributed by atoms with Gasteiger partial charge in [-0.25, -0.2) is 19.9 Å². The van der Waals surface area contributed by atoms with E-state index in [1.807, 2.05) is 62.4 Å². The van der Waals surface area contributed by atoms with E-state index in [1.165, 1.54) is 9.80 Å². The van der Waals surface area contributed by atoms with Crippen molar-refractivity contribution < 1.29 is 23.8 Å². The van der Waals surface area contributed by atoms with E-state index in [-0.39, 0.29) is 28.7 Å². The number of pyridine rings is 4. The van der Waals surface area contributed by atoms with Crippen molar-refractivity contribution in [1.82, 2.24) is 29.7 Å². The van der Waals surface area contributed by atoms with Gasteiger partial charge >= 0.3 is 0 Å². The first-order valence-electron chi connectivity index (χ1n) is 17.1. The second kappa shape index (κ2) is 14.3. The molecule has 12 nitrogen and oxygen atoms in total. The first-order chi connectivity index (χ1) is 25.9. The molecule has 7 aromatic rings. The monoisotopic (exact) mass is 720 g/mol. The van der Waals surface area contributed by atoms with E-state index in [1.54, 1.807) is 76.7 Å². The minimum Gasteiger partial charge on any atom is -0.420 e.